The molecule has 0 aromatic rings. The van der Waals surface area contributed by atoms with Crippen molar-refractivity contribution in [1.82, 2.24) is 0 Å². The van der Waals surface area contributed by atoms with Crippen LogP contribution in [-0.4, -0.2) is 11.1 Å². The highest BCUT2D eigenvalue weighted by Crippen LogP contribution is 2.05. The van der Waals surface area contributed by atoms with Crippen molar-refractivity contribution in [3.63, 3.8) is 0 Å². The molecule has 3 N–H and O–H groups in total. The van der Waals surface area contributed by atoms with E-state index in [4.69, 9.17) is 10.8 Å². The smallest absolute Gasteiger partial charge is 0.337 e. The van der Waals surface area contributed by atoms with Crippen molar-refractivity contribution in [2.24, 2.45) is 5.73 Å². The molecule has 0 radical (unpaired) electrons. The van der Waals surface area contributed by atoms with Crippen molar-refractivity contribution >= 4 is 5.97 Å². The number of hydrogen-bond donors (Lipinski definition) is 2. The molecule has 12 heavy (non-hydrogen) atoms. The van der Waals surface area contributed by atoms with Gasteiger partial charge in [-0.15, -0.1) is 0 Å². The number of nitrogens with two attached hydrogens (primary N) is 1. The van der Waals surface area contributed by atoms with E-state index in [9.17, 15) is 4.79 Å². The Labute approximate surface area is 71.9 Å². The number of carboxylic acid groups (broad SMARTS) is 1. The van der Waals surface area contributed by atoms with Crippen molar-refractivity contribution in [2.75, 3.05) is 0 Å². The van der Waals surface area contributed by atoms with Gasteiger partial charge in [-0.1, -0.05) is 25.7 Å². The summed E-state index contributed by atoms with van der Waals surface area (Å²) in [7, 11) is 0. The molecule has 0 aromatic carbocycles. The summed E-state index contributed by atoms with van der Waals surface area (Å²) >= 11 is 0. The second-order valence-corrected chi connectivity index (χ2v) is 2.19. The van der Waals surface area contributed by atoms with Gasteiger partial charge in [-0.3, -0.25) is 0 Å². The fraction of sp³-hybridized carbons (Fsp3) is 0.222. The zero-order chi connectivity index (χ0) is 9.56. The maximum absolute atomic E-state index is 10.6. The maximum atomic E-state index is 10.6. The molecule has 0 saturated heterocycles. The van der Waals surface area contributed by atoms with Crippen molar-refractivity contribution in [3.8, 4) is 0 Å². The Balaban J connectivity index is 4.75. The molecule has 0 spiro atoms. The van der Waals surface area contributed by atoms with Crippen LogP contribution in [0.15, 0.2) is 36.1 Å². The molecule has 0 amide bonds. The van der Waals surface area contributed by atoms with E-state index in [2.05, 4.69) is 6.58 Å². The van der Waals surface area contributed by atoms with Gasteiger partial charge in [0.25, 0.3) is 0 Å². The Morgan fingerprint density at radius 3 is 2.58 bits per heavy atom. The van der Waals surface area contributed by atoms with Gasteiger partial charge in [0.2, 0.25) is 0 Å². The van der Waals surface area contributed by atoms with Gasteiger partial charge < -0.3 is 10.8 Å². The van der Waals surface area contributed by atoms with E-state index in [0.717, 1.165) is 0 Å². The topological polar surface area (TPSA) is 63.3 Å². The maximum Gasteiger partial charge on any atom is 0.337 e. The van der Waals surface area contributed by atoms with Crippen LogP contribution in [0.3, 0.4) is 0 Å². The lowest BCUT2D eigenvalue weighted by molar-refractivity contribution is -0.132. The molecule has 0 fully saturated rings. The molecule has 0 aromatic heterocycles. The molecule has 3 nitrogen and oxygen atoms in total. The molecule has 3 heteroatoms. The first kappa shape index (κ1) is 10.5. The van der Waals surface area contributed by atoms with Crippen LogP contribution in [0.5, 0.6) is 0 Å². The van der Waals surface area contributed by atoms with Crippen molar-refractivity contribution in [1.29, 1.82) is 0 Å². The van der Waals surface area contributed by atoms with Gasteiger partial charge in [-0.2, -0.15) is 0 Å². The number of carbonyl (C=O) groups is 1. The van der Waals surface area contributed by atoms with Crippen LogP contribution in [0.4, 0.5) is 0 Å². The van der Waals surface area contributed by atoms with E-state index < -0.39 is 5.97 Å². The molecule has 66 valence electrons. The van der Waals surface area contributed by atoms with Gasteiger partial charge in [-0.05, 0) is 12.5 Å². The summed E-state index contributed by atoms with van der Waals surface area (Å²) in [6, 6.07) is 0. The summed E-state index contributed by atoms with van der Waals surface area (Å²) in [5.74, 6) is -1.03. The fourth-order valence-corrected chi connectivity index (χ4v) is 0.739. The fourth-order valence-electron chi connectivity index (χ4n) is 0.739. The van der Waals surface area contributed by atoms with Crippen LogP contribution in [0, 0.1) is 0 Å². The van der Waals surface area contributed by atoms with Crippen LogP contribution >= 0.6 is 0 Å². The monoisotopic (exact) mass is 167 g/mol. The van der Waals surface area contributed by atoms with Gasteiger partial charge in [0.1, 0.15) is 0 Å². The minimum atomic E-state index is -1.03. The number of hydrogen-bond acceptors (Lipinski definition) is 2. The zero-order valence-corrected chi connectivity index (χ0v) is 7.08. The van der Waals surface area contributed by atoms with Gasteiger partial charge in [-0.25, -0.2) is 4.79 Å². The van der Waals surface area contributed by atoms with Crippen LogP contribution in [0.1, 0.15) is 13.3 Å². The predicted molar refractivity (Wildman–Crippen MR) is 48.5 cm³/mol. The SMILES string of the molecule is C=C/C=C(C(=O)O)\C(N)=C/CC. The quantitative estimate of drug-likeness (QED) is 0.492. The summed E-state index contributed by atoms with van der Waals surface area (Å²) in [5, 5.41) is 8.66. The molecule has 0 atom stereocenters. The average molecular weight is 167 g/mol. The lowest BCUT2D eigenvalue weighted by Gasteiger charge is -2.00. The third kappa shape index (κ3) is 3.05. The standard InChI is InChI=1S/C9H13NO2/c1-3-5-7(9(11)12)8(10)6-4-2/h3,5-6H,1,4,10H2,2H3,(H,11,12)/b7-5+,8-6+. The summed E-state index contributed by atoms with van der Waals surface area (Å²) in [6.07, 6.45) is 5.15. The van der Waals surface area contributed by atoms with E-state index in [1.54, 1.807) is 6.08 Å². The van der Waals surface area contributed by atoms with E-state index in [-0.39, 0.29) is 11.3 Å². The van der Waals surface area contributed by atoms with Crippen LogP contribution in [0.25, 0.3) is 0 Å². The first-order chi connectivity index (χ1) is 5.63. The number of carboxylic acids is 1. The first-order valence-electron chi connectivity index (χ1n) is 3.65. The second kappa shape index (κ2) is 5.18. The third-order valence-electron chi connectivity index (χ3n) is 1.25. The summed E-state index contributed by atoms with van der Waals surface area (Å²) in [4.78, 5) is 10.6. The molecule has 0 aliphatic rings. The lowest BCUT2D eigenvalue weighted by Crippen LogP contribution is -2.09. The largest absolute Gasteiger partial charge is 0.478 e. The minimum absolute atomic E-state index is 0.0897. The Bertz CT molecular complexity index is 239. The van der Waals surface area contributed by atoms with Gasteiger partial charge in [0, 0.05) is 5.70 Å². The van der Waals surface area contributed by atoms with Crippen molar-refractivity contribution in [2.45, 2.75) is 13.3 Å². The van der Waals surface area contributed by atoms with Gasteiger partial charge in [0.05, 0.1) is 5.57 Å². The Kier molecular flexibility index (Phi) is 4.53. The third-order valence-corrected chi connectivity index (χ3v) is 1.25. The molecule has 0 bridgehead atoms. The lowest BCUT2D eigenvalue weighted by atomic mass is 10.1. The molecule has 0 unspecified atom stereocenters. The van der Waals surface area contributed by atoms with Gasteiger partial charge in [0.15, 0.2) is 0 Å². The van der Waals surface area contributed by atoms with E-state index in [0.29, 0.717) is 6.42 Å². The van der Waals surface area contributed by atoms with Crippen LogP contribution < -0.4 is 5.73 Å². The van der Waals surface area contributed by atoms with Crippen LogP contribution in [-0.2, 0) is 4.79 Å². The molecule has 0 aliphatic carbocycles. The molecule has 0 saturated carbocycles. The normalized spacial score (nSPS) is 12.8. The average Bonchev–Trinajstić information content (AvgIpc) is 1.99. The molecule has 0 rings (SSSR count). The Morgan fingerprint density at radius 1 is 1.67 bits per heavy atom. The summed E-state index contributed by atoms with van der Waals surface area (Å²) in [6.45, 7) is 5.29. The highest BCUT2D eigenvalue weighted by Gasteiger charge is 2.07. The van der Waals surface area contributed by atoms with Gasteiger partial charge >= 0.3 is 5.97 Å². The Morgan fingerprint density at radius 2 is 2.25 bits per heavy atom. The molecular weight excluding hydrogens is 154 g/mol. The van der Waals surface area contributed by atoms with Crippen molar-refractivity contribution < 1.29 is 9.90 Å². The highest BCUT2D eigenvalue weighted by molar-refractivity contribution is 5.91. The van der Waals surface area contributed by atoms with E-state index in [1.807, 2.05) is 6.92 Å². The Hall–Kier alpha value is -1.51. The second-order valence-electron chi connectivity index (χ2n) is 2.19. The molecule has 0 aliphatic heterocycles. The highest BCUT2D eigenvalue weighted by atomic mass is 16.4. The summed E-state index contributed by atoms with van der Waals surface area (Å²) < 4.78 is 0. The van der Waals surface area contributed by atoms with E-state index in [1.165, 1.54) is 12.2 Å². The predicted octanol–water partition coefficient (Wildman–Crippen LogP) is 1.44. The number of aliphatic carboxylic acids is 1. The number of rotatable bonds is 4. The van der Waals surface area contributed by atoms with Crippen LogP contribution in [0.2, 0.25) is 0 Å². The first-order valence-corrected chi connectivity index (χ1v) is 3.65. The summed E-state index contributed by atoms with van der Waals surface area (Å²) in [5.41, 5.74) is 5.85. The van der Waals surface area contributed by atoms with E-state index >= 15 is 0 Å². The van der Waals surface area contributed by atoms with Crippen molar-refractivity contribution in [3.05, 3.63) is 36.1 Å². The molecular formula is C9H13NO2. The zero-order valence-electron chi connectivity index (χ0n) is 7.08. The number of allylic oxidation sites excluding steroid dienone is 3. The minimum Gasteiger partial charge on any atom is -0.478 e. The molecule has 0 heterocycles.